The molecule has 0 radical (unpaired) electrons. The Morgan fingerprint density at radius 3 is 2.76 bits per heavy atom. The molecule has 0 bridgehead atoms. The van der Waals surface area contributed by atoms with Gasteiger partial charge >= 0.3 is 0 Å². The van der Waals surface area contributed by atoms with E-state index in [1.54, 1.807) is 7.11 Å². The van der Waals surface area contributed by atoms with Crippen LogP contribution in [-0.4, -0.2) is 26.4 Å². The van der Waals surface area contributed by atoms with Gasteiger partial charge in [-0.3, -0.25) is 0 Å². The van der Waals surface area contributed by atoms with Gasteiger partial charge in [0.05, 0.1) is 21.3 Å². The zero-order valence-corrected chi connectivity index (χ0v) is 11.8. The molecule has 1 unspecified atom stereocenters. The average Bonchev–Trinajstić information content (AvgIpc) is 2.34. The summed E-state index contributed by atoms with van der Waals surface area (Å²) in [5.41, 5.74) is 2.22. The molecule has 0 amide bonds. The van der Waals surface area contributed by atoms with E-state index in [1.165, 1.54) is 10.8 Å². The summed E-state index contributed by atoms with van der Waals surface area (Å²) in [5, 5.41) is 11.4. The van der Waals surface area contributed by atoms with Gasteiger partial charge in [-0.2, -0.15) is 0 Å². The van der Waals surface area contributed by atoms with Gasteiger partial charge in [-0.05, 0) is 35.7 Å². The third kappa shape index (κ3) is 2.30. The molecule has 0 fully saturated rings. The third-order valence-electron chi connectivity index (χ3n) is 3.56. The van der Waals surface area contributed by atoms with Crippen LogP contribution < -0.4 is 9.92 Å². The molecule has 1 aliphatic rings. The zero-order valence-electron chi connectivity index (χ0n) is 10.8. The smallest absolute Gasteiger partial charge is 0.119 e. The molecule has 1 N–H and O–H groups in total. The molecular weight excluding hydrogens is 228 g/mol. The first kappa shape index (κ1) is 12.4. The van der Waals surface area contributed by atoms with Crippen LogP contribution in [0.5, 0.6) is 5.75 Å². The van der Waals surface area contributed by atoms with Crippen LogP contribution in [0.3, 0.4) is 0 Å². The van der Waals surface area contributed by atoms with E-state index in [2.05, 4.69) is 31.8 Å². The topological polar surface area (TPSA) is 29.5 Å². The van der Waals surface area contributed by atoms with Gasteiger partial charge in [0, 0.05) is 0 Å². The molecule has 1 aromatic carbocycles. The number of methoxy groups -OCH3 is 1. The zero-order chi connectivity index (χ0) is 12.6. The molecule has 0 saturated carbocycles. The minimum atomic E-state index is -1.57. The molecule has 0 aliphatic carbocycles. The van der Waals surface area contributed by atoms with Crippen molar-refractivity contribution in [3.63, 3.8) is 0 Å². The van der Waals surface area contributed by atoms with Crippen molar-refractivity contribution in [1.29, 1.82) is 0 Å². The van der Waals surface area contributed by atoms with Gasteiger partial charge in [0.2, 0.25) is 0 Å². The number of ether oxygens (including phenoxy) is 1. The summed E-state index contributed by atoms with van der Waals surface area (Å²) in [6, 6.07) is 7.14. The molecule has 2 nitrogen and oxygen atoms in total. The van der Waals surface area contributed by atoms with Gasteiger partial charge < -0.3 is 9.84 Å². The lowest BCUT2D eigenvalue weighted by molar-refractivity contribution is 0.200. The summed E-state index contributed by atoms with van der Waals surface area (Å²) >= 11 is 0. The maximum Gasteiger partial charge on any atom is 0.119 e. The van der Waals surface area contributed by atoms with E-state index in [4.69, 9.17) is 4.74 Å². The van der Waals surface area contributed by atoms with Crippen molar-refractivity contribution >= 4 is 18.8 Å². The highest BCUT2D eigenvalue weighted by molar-refractivity contribution is 6.90. The molecule has 0 saturated heterocycles. The summed E-state index contributed by atoms with van der Waals surface area (Å²) in [7, 11) is 0.111. The highest BCUT2D eigenvalue weighted by Crippen LogP contribution is 2.30. The lowest BCUT2D eigenvalue weighted by Gasteiger charge is -2.24. The van der Waals surface area contributed by atoms with Crippen LogP contribution in [-0.2, 0) is 0 Å². The van der Waals surface area contributed by atoms with Crippen LogP contribution in [0.25, 0.3) is 5.57 Å². The lowest BCUT2D eigenvalue weighted by atomic mass is 10.0. The first-order chi connectivity index (χ1) is 7.94. The Labute approximate surface area is 104 Å². The molecule has 3 heteroatoms. The standard InChI is InChI=1S/C14H20O2Si/c1-10-7-11(15)9-17(3,4)14-6-5-12(16-2)8-13(10)14/h5-6,8,11,15H,1,7,9H2,2-4H3. The Morgan fingerprint density at radius 1 is 1.41 bits per heavy atom. The summed E-state index contributed by atoms with van der Waals surface area (Å²) in [4.78, 5) is 0. The Morgan fingerprint density at radius 2 is 2.12 bits per heavy atom. The first-order valence-corrected chi connectivity index (χ1v) is 9.19. The van der Waals surface area contributed by atoms with E-state index in [0.717, 1.165) is 17.4 Å². The molecule has 0 aromatic heterocycles. The molecule has 17 heavy (non-hydrogen) atoms. The predicted molar refractivity (Wildman–Crippen MR) is 74.6 cm³/mol. The third-order valence-corrected chi connectivity index (χ3v) is 6.95. The van der Waals surface area contributed by atoms with E-state index in [1.807, 2.05) is 6.07 Å². The minimum Gasteiger partial charge on any atom is -0.497 e. The fourth-order valence-corrected chi connectivity index (χ4v) is 5.75. The molecule has 92 valence electrons. The summed E-state index contributed by atoms with van der Waals surface area (Å²) in [6.07, 6.45) is 0.430. The second-order valence-electron chi connectivity index (χ2n) is 5.46. The van der Waals surface area contributed by atoms with E-state index in [9.17, 15) is 5.11 Å². The van der Waals surface area contributed by atoms with Gasteiger partial charge in [0.25, 0.3) is 0 Å². The number of aliphatic hydroxyl groups excluding tert-OH is 1. The number of benzene rings is 1. The highest BCUT2D eigenvalue weighted by atomic mass is 28.3. The van der Waals surface area contributed by atoms with Gasteiger partial charge in [-0.1, -0.05) is 30.9 Å². The van der Waals surface area contributed by atoms with Gasteiger partial charge in [-0.25, -0.2) is 0 Å². The lowest BCUT2D eigenvalue weighted by Crippen LogP contribution is -2.43. The number of aliphatic hydroxyl groups is 1. The molecular formula is C14H20O2Si. The second kappa shape index (κ2) is 4.31. The number of hydrogen-bond acceptors (Lipinski definition) is 2. The van der Waals surface area contributed by atoms with Crippen molar-refractivity contribution < 1.29 is 9.84 Å². The van der Waals surface area contributed by atoms with E-state index >= 15 is 0 Å². The van der Waals surface area contributed by atoms with E-state index < -0.39 is 8.07 Å². The van der Waals surface area contributed by atoms with Gasteiger partial charge in [0.15, 0.2) is 0 Å². The summed E-state index contributed by atoms with van der Waals surface area (Å²) in [6.45, 7) is 8.72. The molecule has 1 heterocycles. The number of rotatable bonds is 1. The fraction of sp³-hybridized carbons (Fsp3) is 0.429. The normalized spacial score (nSPS) is 22.8. The summed E-state index contributed by atoms with van der Waals surface area (Å²) in [5.74, 6) is 0.867. The summed E-state index contributed by atoms with van der Waals surface area (Å²) < 4.78 is 5.28. The van der Waals surface area contributed by atoms with Crippen LogP contribution >= 0.6 is 0 Å². The van der Waals surface area contributed by atoms with Gasteiger partial charge in [-0.15, -0.1) is 0 Å². The highest BCUT2D eigenvalue weighted by Gasteiger charge is 2.33. The fourth-order valence-electron chi connectivity index (χ4n) is 2.70. The number of hydrogen-bond donors (Lipinski definition) is 1. The maximum atomic E-state index is 10.0. The predicted octanol–water partition coefficient (Wildman–Crippen LogP) is 2.39. The van der Waals surface area contributed by atoms with Crippen LogP contribution in [0.15, 0.2) is 24.8 Å². The van der Waals surface area contributed by atoms with Gasteiger partial charge in [0.1, 0.15) is 5.75 Å². The Hall–Kier alpha value is -1.06. The Bertz CT molecular complexity index is 452. The second-order valence-corrected chi connectivity index (χ2v) is 10.2. The van der Waals surface area contributed by atoms with Crippen LogP contribution in [0.4, 0.5) is 0 Å². The van der Waals surface area contributed by atoms with Crippen molar-refractivity contribution in [2.45, 2.75) is 31.7 Å². The minimum absolute atomic E-state index is 0.248. The number of fused-ring (bicyclic) bond motifs is 1. The largest absolute Gasteiger partial charge is 0.497 e. The SMILES string of the molecule is C=C1CC(O)C[Si](C)(C)c2ccc(OC)cc21. The van der Waals surface area contributed by atoms with Crippen molar-refractivity contribution in [2.24, 2.45) is 0 Å². The van der Waals surface area contributed by atoms with E-state index in [0.29, 0.717) is 6.42 Å². The maximum absolute atomic E-state index is 10.0. The Kier molecular flexibility index (Phi) is 3.14. The molecule has 2 rings (SSSR count). The van der Waals surface area contributed by atoms with Crippen LogP contribution in [0, 0.1) is 0 Å². The quantitative estimate of drug-likeness (QED) is 0.773. The average molecular weight is 248 g/mol. The van der Waals surface area contributed by atoms with Crippen molar-refractivity contribution in [3.05, 3.63) is 30.3 Å². The van der Waals surface area contributed by atoms with Crippen molar-refractivity contribution in [2.75, 3.05) is 7.11 Å². The van der Waals surface area contributed by atoms with E-state index in [-0.39, 0.29) is 6.10 Å². The molecule has 1 aromatic rings. The van der Waals surface area contributed by atoms with Crippen LogP contribution in [0.2, 0.25) is 19.1 Å². The van der Waals surface area contributed by atoms with Crippen molar-refractivity contribution in [3.8, 4) is 5.75 Å². The Balaban J connectivity index is 2.57. The first-order valence-electron chi connectivity index (χ1n) is 5.99. The molecule has 1 aliphatic heterocycles. The molecule has 1 atom stereocenters. The molecule has 0 spiro atoms. The van der Waals surface area contributed by atoms with Crippen molar-refractivity contribution in [1.82, 2.24) is 0 Å². The van der Waals surface area contributed by atoms with Crippen LogP contribution in [0.1, 0.15) is 12.0 Å². The monoisotopic (exact) mass is 248 g/mol.